The second-order valence-electron chi connectivity index (χ2n) is 5.05. The van der Waals surface area contributed by atoms with E-state index in [0.717, 1.165) is 13.1 Å². The zero-order valence-corrected chi connectivity index (χ0v) is 11.5. The lowest BCUT2D eigenvalue weighted by Gasteiger charge is -2.39. The first-order chi connectivity index (χ1) is 7.56. The molecule has 2 nitrogen and oxygen atoms in total. The molecule has 0 bridgehead atoms. The van der Waals surface area contributed by atoms with Crippen molar-refractivity contribution in [1.82, 2.24) is 10.2 Å². The first-order valence-electron chi connectivity index (χ1n) is 6.12. The van der Waals surface area contributed by atoms with Crippen molar-refractivity contribution in [2.24, 2.45) is 0 Å². The minimum absolute atomic E-state index is 0.561. The van der Waals surface area contributed by atoms with Crippen molar-refractivity contribution in [3.05, 3.63) is 21.9 Å². The summed E-state index contributed by atoms with van der Waals surface area (Å²) in [6.07, 6.45) is 0. The van der Waals surface area contributed by atoms with Crippen LogP contribution in [0.4, 0.5) is 0 Å². The van der Waals surface area contributed by atoms with Crippen molar-refractivity contribution in [3.63, 3.8) is 0 Å². The number of thiophene rings is 1. The summed E-state index contributed by atoms with van der Waals surface area (Å²) in [5, 5.41) is 3.58. The van der Waals surface area contributed by atoms with Gasteiger partial charge in [-0.1, -0.05) is 0 Å². The van der Waals surface area contributed by atoms with Crippen LogP contribution in [0.1, 0.15) is 36.6 Å². The molecule has 0 saturated carbocycles. The number of aryl methyl sites for hydroxylation is 1. The van der Waals surface area contributed by atoms with Gasteiger partial charge in [-0.05, 0) is 39.8 Å². The van der Waals surface area contributed by atoms with Crippen molar-refractivity contribution in [2.75, 3.05) is 13.1 Å². The molecule has 0 aromatic carbocycles. The molecule has 2 rings (SSSR count). The van der Waals surface area contributed by atoms with Gasteiger partial charge in [0.2, 0.25) is 0 Å². The molecule has 3 unspecified atom stereocenters. The largest absolute Gasteiger partial charge is 0.309 e. The van der Waals surface area contributed by atoms with Crippen LogP contribution in [0, 0.1) is 6.92 Å². The third kappa shape index (κ3) is 2.65. The maximum atomic E-state index is 3.58. The maximum absolute atomic E-state index is 3.58. The standard InChI is InChI=1S/C13H22N2S/c1-9-7-15(8-10(2)14-9)12(4)13-6-5-11(3)16-13/h5-6,9-10,12,14H,7-8H2,1-4H3. The Morgan fingerprint density at radius 3 is 2.44 bits per heavy atom. The van der Waals surface area contributed by atoms with Crippen LogP contribution >= 0.6 is 11.3 Å². The van der Waals surface area contributed by atoms with Gasteiger partial charge in [0.15, 0.2) is 0 Å². The van der Waals surface area contributed by atoms with Crippen LogP contribution in [0.5, 0.6) is 0 Å². The number of nitrogens with one attached hydrogen (secondary N) is 1. The van der Waals surface area contributed by atoms with E-state index in [9.17, 15) is 0 Å². The van der Waals surface area contributed by atoms with Gasteiger partial charge in [0.25, 0.3) is 0 Å². The molecule has 0 amide bonds. The molecule has 3 heteroatoms. The molecule has 1 N–H and O–H groups in total. The Balaban J connectivity index is 2.06. The van der Waals surface area contributed by atoms with Crippen molar-refractivity contribution >= 4 is 11.3 Å². The van der Waals surface area contributed by atoms with Gasteiger partial charge in [0.05, 0.1) is 0 Å². The van der Waals surface area contributed by atoms with Crippen molar-refractivity contribution < 1.29 is 0 Å². The molecule has 1 fully saturated rings. The molecule has 0 aliphatic carbocycles. The van der Waals surface area contributed by atoms with E-state index < -0.39 is 0 Å². The van der Waals surface area contributed by atoms with Crippen LogP contribution in [-0.4, -0.2) is 30.1 Å². The fraction of sp³-hybridized carbons (Fsp3) is 0.692. The van der Waals surface area contributed by atoms with E-state index in [0.29, 0.717) is 18.1 Å². The molecule has 1 aromatic heterocycles. The van der Waals surface area contributed by atoms with E-state index in [1.54, 1.807) is 0 Å². The summed E-state index contributed by atoms with van der Waals surface area (Å²) < 4.78 is 0. The molecule has 90 valence electrons. The van der Waals surface area contributed by atoms with Gasteiger partial charge >= 0.3 is 0 Å². The highest BCUT2D eigenvalue weighted by Gasteiger charge is 2.25. The quantitative estimate of drug-likeness (QED) is 0.852. The number of hydrogen-bond acceptors (Lipinski definition) is 3. The molecular formula is C13H22N2S. The predicted octanol–water partition coefficient (Wildman–Crippen LogP) is 2.80. The maximum Gasteiger partial charge on any atom is 0.0414 e. The number of nitrogens with zero attached hydrogens (tertiary/aromatic N) is 1. The SMILES string of the molecule is Cc1ccc(C(C)N2CC(C)NC(C)C2)s1. The van der Waals surface area contributed by atoms with E-state index in [2.05, 4.69) is 50.0 Å². The Morgan fingerprint density at radius 1 is 1.31 bits per heavy atom. The second kappa shape index (κ2) is 4.86. The van der Waals surface area contributed by atoms with E-state index in [1.807, 2.05) is 11.3 Å². The first-order valence-corrected chi connectivity index (χ1v) is 6.94. The fourth-order valence-corrected chi connectivity index (χ4v) is 3.51. The Hall–Kier alpha value is -0.380. The molecule has 1 aromatic rings. The van der Waals surface area contributed by atoms with E-state index in [-0.39, 0.29) is 0 Å². The summed E-state index contributed by atoms with van der Waals surface area (Å²) in [6, 6.07) is 6.28. The minimum atomic E-state index is 0.561. The monoisotopic (exact) mass is 238 g/mol. The highest BCUT2D eigenvalue weighted by atomic mass is 32.1. The lowest BCUT2D eigenvalue weighted by Crippen LogP contribution is -2.54. The average Bonchev–Trinajstić information content (AvgIpc) is 2.62. The average molecular weight is 238 g/mol. The third-order valence-corrected chi connectivity index (χ3v) is 4.48. The lowest BCUT2D eigenvalue weighted by atomic mass is 10.1. The smallest absolute Gasteiger partial charge is 0.0414 e. The van der Waals surface area contributed by atoms with Gasteiger partial charge in [-0.3, -0.25) is 4.90 Å². The van der Waals surface area contributed by atoms with Gasteiger partial charge in [-0.25, -0.2) is 0 Å². The summed E-state index contributed by atoms with van der Waals surface area (Å²) in [7, 11) is 0. The topological polar surface area (TPSA) is 15.3 Å². The molecule has 0 radical (unpaired) electrons. The van der Waals surface area contributed by atoms with Crippen LogP contribution in [0.3, 0.4) is 0 Å². The van der Waals surface area contributed by atoms with Gasteiger partial charge in [-0.2, -0.15) is 0 Å². The lowest BCUT2D eigenvalue weighted by molar-refractivity contribution is 0.133. The molecular weight excluding hydrogens is 216 g/mol. The molecule has 1 aliphatic rings. The highest BCUT2D eigenvalue weighted by Crippen LogP contribution is 2.28. The molecule has 0 spiro atoms. The van der Waals surface area contributed by atoms with Gasteiger partial charge in [0, 0.05) is 41.0 Å². The Bertz CT molecular complexity index is 337. The fourth-order valence-electron chi connectivity index (χ4n) is 2.54. The zero-order valence-electron chi connectivity index (χ0n) is 10.7. The van der Waals surface area contributed by atoms with E-state index in [4.69, 9.17) is 0 Å². The van der Waals surface area contributed by atoms with Crippen LogP contribution in [-0.2, 0) is 0 Å². The molecule has 1 saturated heterocycles. The normalized spacial score (nSPS) is 29.2. The summed E-state index contributed by atoms with van der Waals surface area (Å²) in [5.74, 6) is 0. The summed E-state index contributed by atoms with van der Waals surface area (Å²) in [4.78, 5) is 5.51. The van der Waals surface area contributed by atoms with Gasteiger partial charge in [0.1, 0.15) is 0 Å². The molecule has 2 heterocycles. The summed E-state index contributed by atoms with van der Waals surface area (Å²) in [6.45, 7) is 11.4. The van der Waals surface area contributed by atoms with Crippen molar-refractivity contribution in [2.45, 2.75) is 45.8 Å². The Morgan fingerprint density at radius 2 is 1.94 bits per heavy atom. The predicted molar refractivity (Wildman–Crippen MR) is 71.1 cm³/mol. The van der Waals surface area contributed by atoms with Crippen molar-refractivity contribution in [3.8, 4) is 0 Å². The van der Waals surface area contributed by atoms with Crippen LogP contribution in [0.25, 0.3) is 0 Å². The summed E-state index contributed by atoms with van der Waals surface area (Å²) >= 11 is 1.93. The minimum Gasteiger partial charge on any atom is -0.309 e. The molecule has 1 aliphatic heterocycles. The van der Waals surface area contributed by atoms with Crippen LogP contribution in [0.15, 0.2) is 12.1 Å². The molecule has 16 heavy (non-hydrogen) atoms. The van der Waals surface area contributed by atoms with Crippen LogP contribution < -0.4 is 5.32 Å². The number of hydrogen-bond donors (Lipinski definition) is 1. The Kier molecular flexibility index (Phi) is 3.67. The highest BCUT2D eigenvalue weighted by molar-refractivity contribution is 7.12. The first kappa shape index (κ1) is 12.1. The van der Waals surface area contributed by atoms with Crippen LogP contribution in [0.2, 0.25) is 0 Å². The van der Waals surface area contributed by atoms with E-state index >= 15 is 0 Å². The van der Waals surface area contributed by atoms with Gasteiger partial charge < -0.3 is 5.32 Å². The summed E-state index contributed by atoms with van der Waals surface area (Å²) in [5.41, 5.74) is 0. The Labute approximate surface area is 103 Å². The second-order valence-corrected chi connectivity index (χ2v) is 6.37. The number of rotatable bonds is 2. The zero-order chi connectivity index (χ0) is 11.7. The molecule has 3 atom stereocenters. The van der Waals surface area contributed by atoms with Gasteiger partial charge in [-0.15, -0.1) is 11.3 Å². The van der Waals surface area contributed by atoms with E-state index in [1.165, 1.54) is 9.75 Å². The van der Waals surface area contributed by atoms with Crippen molar-refractivity contribution in [1.29, 1.82) is 0 Å². The number of piperazine rings is 1. The third-order valence-electron chi connectivity index (χ3n) is 3.31.